The first-order valence-corrected chi connectivity index (χ1v) is 12.8. The molecule has 0 unspecified atom stereocenters. The van der Waals surface area contributed by atoms with Crippen LogP contribution in [-0.2, 0) is 23.7 Å². The van der Waals surface area contributed by atoms with Crippen molar-refractivity contribution in [2.75, 3.05) is 26.9 Å². The molecule has 1 aliphatic rings. The number of esters is 2. The first-order valence-electron chi connectivity index (χ1n) is 12.8. The lowest BCUT2D eigenvalue weighted by Crippen LogP contribution is -2.42. The minimum absolute atomic E-state index is 0.0899. The van der Waals surface area contributed by atoms with Crippen molar-refractivity contribution in [3.63, 3.8) is 0 Å². The molecule has 0 saturated carbocycles. The molecule has 1 aliphatic heterocycles. The Morgan fingerprint density at radius 3 is 2.08 bits per heavy atom. The monoisotopic (exact) mass is 552 g/mol. The van der Waals surface area contributed by atoms with Gasteiger partial charge in [0.2, 0.25) is 0 Å². The van der Waals surface area contributed by atoms with Gasteiger partial charge in [-0.15, -0.1) is 0 Å². The fourth-order valence-electron chi connectivity index (χ4n) is 4.24. The van der Waals surface area contributed by atoms with E-state index in [1.807, 2.05) is 13.8 Å². The lowest BCUT2D eigenvalue weighted by Gasteiger charge is -2.25. The molecular formula is C29H32N2O9. The van der Waals surface area contributed by atoms with E-state index in [4.69, 9.17) is 23.7 Å². The van der Waals surface area contributed by atoms with Gasteiger partial charge >= 0.3 is 17.6 Å². The summed E-state index contributed by atoms with van der Waals surface area (Å²) in [7, 11) is 1.50. The molecule has 1 saturated heterocycles. The molecule has 0 radical (unpaired) electrons. The number of aromatic amines is 1. The number of H-pyrrole nitrogens is 1. The van der Waals surface area contributed by atoms with Crippen LogP contribution in [0.3, 0.4) is 0 Å². The molecule has 212 valence electrons. The molecule has 2 aromatic carbocycles. The van der Waals surface area contributed by atoms with Crippen LogP contribution in [-0.4, -0.2) is 66.7 Å². The quantitative estimate of drug-likeness (QED) is 0.297. The summed E-state index contributed by atoms with van der Waals surface area (Å²) in [6, 6.07) is 13.7. The van der Waals surface area contributed by atoms with E-state index in [0.717, 1.165) is 11.1 Å². The van der Waals surface area contributed by atoms with E-state index in [0.29, 0.717) is 11.1 Å². The fraction of sp³-hybridized carbons (Fsp3) is 0.379. The highest BCUT2D eigenvalue weighted by Crippen LogP contribution is 2.34. The van der Waals surface area contributed by atoms with Crippen molar-refractivity contribution in [2.45, 2.75) is 45.3 Å². The Labute approximate surface area is 230 Å². The van der Waals surface area contributed by atoms with Crippen LogP contribution in [0.4, 0.5) is 0 Å². The van der Waals surface area contributed by atoms with E-state index in [2.05, 4.69) is 4.98 Å². The highest BCUT2D eigenvalue weighted by atomic mass is 16.6. The molecule has 0 spiro atoms. The number of hydrogen-bond donors (Lipinski definition) is 1. The second-order valence-electron chi connectivity index (χ2n) is 9.57. The molecule has 0 aliphatic carbocycles. The molecule has 11 nitrogen and oxygen atoms in total. The van der Waals surface area contributed by atoms with Crippen molar-refractivity contribution in [1.82, 2.24) is 9.55 Å². The molecule has 1 fully saturated rings. The number of aromatic nitrogens is 2. The molecule has 4 rings (SSSR count). The van der Waals surface area contributed by atoms with Gasteiger partial charge in [0, 0.05) is 18.9 Å². The summed E-state index contributed by atoms with van der Waals surface area (Å²) in [5, 5.41) is 0. The number of aryl methyl sites for hydroxylation is 3. The zero-order chi connectivity index (χ0) is 28.8. The van der Waals surface area contributed by atoms with Crippen molar-refractivity contribution in [3.05, 3.63) is 103 Å². The van der Waals surface area contributed by atoms with Gasteiger partial charge < -0.3 is 23.7 Å². The molecule has 2 heterocycles. The fourth-order valence-corrected chi connectivity index (χ4v) is 4.24. The summed E-state index contributed by atoms with van der Waals surface area (Å²) < 4.78 is 29.9. The summed E-state index contributed by atoms with van der Waals surface area (Å²) in [6.07, 6.45) is -2.85. The van der Waals surface area contributed by atoms with Gasteiger partial charge in [-0.2, -0.15) is 0 Å². The summed E-state index contributed by atoms with van der Waals surface area (Å²) in [4.78, 5) is 52.9. The van der Waals surface area contributed by atoms with E-state index in [1.165, 1.54) is 17.9 Å². The lowest BCUT2D eigenvalue weighted by atomic mass is 10.1. The maximum atomic E-state index is 13.2. The summed E-state index contributed by atoms with van der Waals surface area (Å²) >= 11 is 0. The number of carbonyl (C=O) groups excluding carboxylic acids is 2. The minimum Gasteiger partial charge on any atom is -0.459 e. The average Bonchev–Trinajstić information content (AvgIpc) is 3.26. The maximum Gasteiger partial charge on any atom is 0.338 e. The molecular weight excluding hydrogens is 520 g/mol. The van der Waals surface area contributed by atoms with Crippen LogP contribution in [0.25, 0.3) is 0 Å². The first kappa shape index (κ1) is 28.9. The summed E-state index contributed by atoms with van der Waals surface area (Å²) in [5.74, 6) is -1.24. The molecule has 40 heavy (non-hydrogen) atoms. The maximum absolute atomic E-state index is 13.2. The van der Waals surface area contributed by atoms with Gasteiger partial charge in [-0.05, 0) is 45.0 Å². The smallest absolute Gasteiger partial charge is 0.338 e. The third-order valence-corrected chi connectivity index (χ3v) is 6.50. The number of methoxy groups -OCH3 is 1. The Bertz CT molecular complexity index is 1440. The highest BCUT2D eigenvalue weighted by Gasteiger charge is 2.50. The predicted octanol–water partition coefficient (Wildman–Crippen LogP) is 2.47. The van der Waals surface area contributed by atoms with Gasteiger partial charge in [-0.3, -0.25) is 14.3 Å². The van der Waals surface area contributed by atoms with Crippen LogP contribution in [0.2, 0.25) is 0 Å². The van der Waals surface area contributed by atoms with Crippen LogP contribution in [0.1, 0.15) is 43.6 Å². The zero-order valence-electron chi connectivity index (χ0n) is 22.7. The Kier molecular flexibility index (Phi) is 9.30. The standard InChI is InChI=1S/C29H32N2O9/c1-17-5-9-20(10-6-17)27(33)38-16-22-23(40-28(34)21-11-7-18(2)8-12-21)24(37-14-13-36-4)26(39-22)31-15-19(3)25(32)30-29(31)35/h5-12,15,22-24,26H,13-14,16H2,1-4H3,(H,30,32,35)/t22-,23-,24-,26-/m1/s1. The van der Waals surface area contributed by atoms with Crippen molar-refractivity contribution in [1.29, 1.82) is 0 Å². The third kappa shape index (κ3) is 6.74. The van der Waals surface area contributed by atoms with E-state index in [-0.39, 0.29) is 25.4 Å². The van der Waals surface area contributed by atoms with Gasteiger partial charge in [0.05, 0.1) is 24.3 Å². The molecule has 11 heteroatoms. The molecule has 0 bridgehead atoms. The number of rotatable bonds is 10. The number of ether oxygens (including phenoxy) is 5. The van der Waals surface area contributed by atoms with E-state index >= 15 is 0 Å². The van der Waals surface area contributed by atoms with Gasteiger partial charge in [0.1, 0.15) is 18.8 Å². The Hall–Kier alpha value is -4.06. The average molecular weight is 553 g/mol. The van der Waals surface area contributed by atoms with Crippen LogP contribution in [0.5, 0.6) is 0 Å². The van der Waals surface area contributed by atoms with E-state index in [9.17, 15) is 19.2 Å². The van der Waals surface area contributed by atoms with Crippen molar-refractivity contribution in [3.8, 4) is 0 Å². The SMILES string of the molecule is COCCO[C@@H]1[C@H](OC(=O)c2ccc(C)cc2)[C@@H](COC(=O)c2ccc(C)cc2)O[C@H]1n1cc(C)c(=O)[nH]c1=O. The topological polar surface area (TPSA) is 135 Å². The largest absolute Gasteiger partial charge is 0.459 e. The Morgan fingerprint density at radius 2 is 1.48 bits per heavy atom. The summed E-state index contributed by atoms with van der Waals surface area (Å²) in [5.41, 5.74) is 1.59. The minimum atomic E-state index is -1.11. The Morgan fingerprint density at radius 1 is 0.875 bits per heavy atom. The van der Waals surface area contributed by atoms with Gasteiger partial charge in [0.15, 0.2) is 12.3 Å². The third-order valence-electron chi connectivity index (χ3n) is 6.50. The number of nitrogens with zero attached hydrogens (tertiary/aromatic N) is 1. The molecule has 0 amide bonds. The zero-order valence-corrected chi connectivity index (χ0v) is 22.7. The van der Waals surface area contributed by atoms with Gasteiger partial charge in [0.25, 0.3) is 5.56 Å². The Balaban J connectivity index is 1.66. The predicted molar refractivity (Wildman–Crippen MR) is 143 cm³/mol. The number of carbonyl (C=O) groups is 2. The summed E-state index contributed by atoms with van der Waals surface area (Å²) in [6.45, 7) is 5.35. The second kappa shape index (κ2) is 12.9. The van der Waals surface area contributed by atoms with Crippen molar-refractivity contribution in [2.24, 2.45) is 0 Å². The molecule has 1 N–H and O–H groups in total. The van der Waals surface area contributed by atoms with Crippen molar-refractivity contribution < 1.29 is 33.3 Å². The second-order valence-corrected chi connectivity index (χ2v) is 9.57. The number of nitrogens with one attached hydrogen (secondary N) is 1. The van der Waals surface area contributed by atoms with E-state index in [1.54, 1.807) is 55.5 Å². The van der Waals surface area contributed by atoms with Gasteiger partial charge in [-0.25, -0.2) is 14.4 Å². The molecule has 4 atom stereocenters. The van der Waals surface area contributed by atoms with Crippen LogP contribution >= 0.6 is 0 Å². The number of hydrogen-bond acceptors (Lipinski definition) is 9. The molecule has 3 aromatic rings. The number of benzene rings is 2. The van der Waals surface area contributed by atoms with Crippen molar-refractivity contribution >= 4 is 11.9 Å². The highest BCUT2D eigenvalue weighted by molar-refractivity contribution is 5.90. The van der Waals surface area contributed by atoms with Crippen LogP contribution in [0.15, 0.2) is 64.3 Å². The molecule has 1 aromatic heterocycles. The van der Waals surface area contributed by atoms with E-state index < -0.39 is 47.7 Å². The van der Waals surface area contributed by atoms with Gasteiger partial charge in [-0.1, -0.05) is 35.4 Å². The van der Waals surface area contributed by atoms with Crippen LogP contribution in [0, 0.1) is 20.8 Å². The normalized spacial score (nSPS) is 20.3. The van der Waals surface area contributed by atoms with Crippen LogP contribution < -0.4 is 11.2 Å². The first-order chi connectivity index (χ1) is 19.2. The lowest BCUT2D eigenvalue weighted by molar-refractivity contribution is -0.0838.